The predicted molar refractivity (Wildman–Crippen MR) is 106 cm³/mol. The third kappa shape index (κ3) is 3.34. The van der Waals surface area contributed by atoms with Crippen LogP contribution in [0.25, 0.3) is 16.6 Å². The van der Waals surface area contributed by atoms with Gasteiger partial charge in [0.15, 0.2) is 5.65 Å². The van der Waals surface area contributed by atoms with Crippen LogP contribution in [0.1, 0.15) is 33.0 Å². The van der Waals surface area contributed by atoms with Crippen LogP contribution in [0.15, 0.2) is 24.3 Å². The zero-order chi connectivity index (χ0) is 19.2. The van der Waals surface area contributed by atoms with Crippen molar-refractivity contribution in [2.45, 2.75) is 34.1 Å². The minimum atomic E-state index is 0.0138. The Morgan fingerprint density at radius 3 is 2.48 bits per heavy atom. The molecule has 1 aromatic carbocycles. The van der Waals surface area contributed by atoms with Gasteiger partial charge in [0.25, 0.3) is 0 Å². The largest absolute Gasteiger partial charge is 0.339 e. The Balaban J connectivity index is 1.62. The number of aryl methyl sites for hydroxylation is 1. The lowest BCUT2D eigenvalue weighted by Crippen LogP contribution is -2.50. The summed E-state index contributed by atoms with van der Waals surface area (Å²) in [5.74, 6) is 1.91. The van der Waals surface area contributed by atoms with E-state index in [0.29, 0.717) is 19.5 Å². The third-order valence-electron chi connectivity index (χ3n) is 4.99. The molecule has 1 aliphatic heterocycles. The average molecular weight is 366 g/mol. The van der Waals surface area contributed by atoms with Crippen molar-refractivity contribution in [3.63, 3.8) is 0 Å². The van der Waals surface area contributed by atoms with E-state index in [9.17, 15) is 4.79 Å². The van der Waals surface area contributed by atoms with E-state index < -0.39 is 0 Å². The van der Waals surface area contributed by atoms with Crippen LogP contribution in [-0.2, 0) is 4.79 Å². The van der Waals surface area contributed by atoms with E-state index in [4.69, 9.17) is 4.98 Å². The van der Waals surface area contributed by atoms with E-state index in [1.54, 1.807) is 0 Å². The van der Waals surface area contributed by atoms with E-state index >= 15 is 0 Å². The van der Waals surface area contributed by atoms with Crippen molar-refractivity contribution in [3.05, 3.63) is 30.1 Å². The van der Waals surface area contributed by atoms with Crippen molar-refractivity contribution in [3.8, 4) is 0 Å². The lowest BCUT2D eigenvalue weighted by Gasteiger charge is -2.36. The van der Waals surface area contributed by atoms with Crippen molar-refractivity contribution in [1.29, 1.82) is 0 Å². The quantitative estimate of drug-likeness (QED) is 0.698. The fourth-order valence-electron chi connectivity index (χ4n) is 3.63. The van der Waals surface area contributed by atoms with Crippen molar-refractivity contribution in [2.24, 2.45) is 5.41 Å². The van der Waals surface area contributed by atoms with Crippen LogP contribution < -0.4 is 4.90 Å². The molecular formula is C20H26N6O. The first-order chi connectivity index (χ1) is 12.8. The van der Waals surface area contributed by atoms with Gasteiger partial charge in [-0.05, 0) is 24.5 Å². The molecule has 2 aromatic heterocycles. The van der Waals surface area contributed by atoms with Crippen LogP contribution >= 0.6 is 0 Å². The van der Waals surface area contributed by atoms with E-state index in [1.807, 2.05) is 40.5 Å². The van der Waals surface area contributed by atoms with Gasteiger partial charge in [-0.25, -0.2) is 9.38 Å². The van der Waals surface area contributed by atoms with Crippen LogP contribution in [0.2, 0.25) is 0 Å². The number of carbonyl (C=O) groups is 1. The van der Waals surface area contributed by atoms with Gasteiger partial charge in [-0.3, -0.25) is 4.79 Å². The summed E-state index contributed by atoms with van der Waals surface area (Å²) in [6.07, 6.45) is 0.579. The number of aromatic nitrogens is 4. The molecule has 0 saturated carbocycles. The standard InChI is InChI=1S/C20H26N6O/c1-14-22-23-18-15-7-5-6-8-16(15)21-19(26(14)18)25-11-9-24(10-12-25)17(27)13-20(2,3)4/h5-8H,9-13H2,1-4H3. The molecule has 0 spiro atoms. The van der Waals surface area contributed by atoms with Crippen LogP contribution in [0.5, 0.6) is 0 Å². The summed E-state index contributed by atoms with van der Waals surface area (Å²) in [5.41, 5.74) is 1.76. The summed E-state index contributed by atoms with van der Waals surface area (Å²) < 4.78 is 2.02. The van der Waals surface area contributed by atoms with Gasteiger partial charge < -0.3 is 9.80 Å². The molecule has 4 rings (SSSR count). The Hall–Kier alpha value is -2.70. The van der Waals surface area contributed by atoms with Crippen LogP contribution in [-0.4, -0.2) is 56.6 Å². The van der Waals surface area contributed by atoms with Crippen LogP contribution in [0, 0.1) is 12.3 Å². The van der Waals surface area contributed by atoms with Gasteiger partial charge in [0, 0.05) is 38.0 Å². The number of amides is 1. The highest BCUT2D eigenvalue weighted by Crippen LogP contribution is 2.25. The Morgan fingerprint density at radius 2 is 1.78 bits per heavy atom. The first-order valence-electron chi connectivity index (χ1n) is 9.47. The molecule has 1 saturated heterocycles. The minimum Gasteiger partial charge on any atom is -0.339 e. The molecule has 0 radical (unpaired) electrons. The monoisotopic (exact) mass is 366 g/mol. The van der Waals surface area contributed by atoms with Crippen LogP contribution in [0.3, 0.4) is 0 Å². The fraction of sp³-hybridized carbons (Fsp3) is 0.500. The molecule has 142 valence electrons. The first-order valence-corrected chi connectivity index (χ1v) is 9.47. The Morgan fingerprint density at radius 1 is 1.07 bits per heavy atom. The molecule has 1 amide bonds. The molecule has 0 N–H and O–H groups in total. The molecule has 1 aliphatic rings. The normalized spacial score (nSPS) is 15.7. The zero-order valence-electron chi connectivity index (χ0n) is 16.4. The number of hydrogen-bond acceptors (Lipinski definition) is 5. The first kappa shape index (κ1) is 17.7. The highest BCUT2D eigenvalue weighted by Gasteiger charge is 2.27. The number of anilines is 1. The molecule has 7 heteroatoms. The van der Waals surface area contributed by atoms with Gasteiger partial charge in [-0.15, -0.1) is 10.2 Å². The molecular weight excluding hydrogens is 340 g/mol. The molecule has 0 unspecified atom stereocenters. The second-order valence-corrected chi connectivity index (χ2v) is 8.44. The number of rotatable bonds is 2. The molecule has 0 atom stereocenters. The number of para-hydroxylation sites is 1. The summed E-state index contributed by atoms with van der Waals surface area (Å²) >= 11 is 0. The number of benzene rings is 1. The molecule has 0 aliphatic carbocycles. The van der Waals surface area contributed by atoms with E-state index in [1.165, 1.54) is 0 Å². The summed E-state index contributed by atoms with van der Waals surface area (Å²) in [5, 5.41) is 9.63. The van der Waals surface area contributed by atoms with Gasteiger partial charge >= 0.3 is 0 Å². The van der Waals surface area contributed by atoms with Crippen molar-refractivity contribution in [2.75, 3.05) is 31.1 Å². The van der Waals surface area contributed by atoms with Gasteiger partial charge in [-0.2, -0.15) is 0 Å². The topological polar surface area (TPSA) is 66.6 Å². The summed E-state index contributed by atoms with van der Waals surface area (Å²) in [6.45, 7) is 11.2. The highest BCUT2D eigenvalue weighted by molar-refractivity contribution is 5.92. The highest BCUT2D eigenvalue weighted by atomic mass is 16.2. The molecule has 7 nitrogen and oxygen atoms in total. The predicted octanol–water partition coefficient (Wildman–Crippen LogP) is 2.67. The van der Waals surface area contributed by atoms with Crippen LogP contribution in [0.4, 0.5) is 5.95 Å². The van der Waals surface area contributed by atoms with E-state index in [0.717, 1.165) is 41.4 Å². The van der Waals surface area contributed by atoms with Crippen molar-refractivity contribution >= 4 is 28.4 Å². The lowest BCUT2D eigenvalue weighted by molar-refractivity contribution is -0.133. The molecule has 3 aromatic rings. The van der Waals surface area contributed by atoms with E-state index in [-0.39, 0.29) is 11.3 Å². The second kappa shape index (κ2) is 6.48. The number of hydrogen-bond donors (Lipinski definition) is 0. The van der Waals surface area contributed by atoms with Gasteiger partial charge in [-0.1, -0.05) is 32.9 Å². The lowest BCUT2D eigenvalue weighted by atomic mass is 9.91. The maximum Gasteiger partial charge on any atom is 0.223 e. The SMILES string of the molecule is Cc1nnc2c3ccccc3nc(N3CCN(C(=O)CC(C)(C)C)CC3)n12. The van der Waals surface area contributed by atoms with E-state index in [2.05, 4.69) is 35.9 Å². The minimum absolute atomic E-state index is 0.0138. The maximum absolute atomic E-state index is 12.5. The summed E-state index contributed by atoms with van der Waals surface area (Å²) in [6, 6.07) is 8.01. The fourth-order valence-corrected chi connectivity index (χ4v) is 3.63. The number of piperazine rings is 1. The summed E-state index contributed by atoms with van der Waals surface area (Å²) in [4.78, 5) is 21.6. The zero-order valence-corrected chi connectivity index (χ0v) is 16.4. The number of fused-ring (bicyclic) bond motifs is 3. The van der Waals surface area contributed by atoms with Gasteiger partial charge in [0.2, 0.25) is 11.9 Å². The van der Waals surface area contributed by atoms with Crippen molar-refractivity contribution in [1.82, 2.24) is 24.5 Å². The van der Waals surface area contributed by atoms with Gasteiger partial charge in [0.1, 0.15) is 5.82 Å². The molecule has 1 fully saturated rings. The molecule has 3 heterocycles. The summed E-state index contributed by atoms with van der Waals surface area (Å²) in [7, 11) is 0. The Labute approximate surface area is 159 Å². The van der Waals surface area contributed by atoms with Crippen molar-refractivity contribution < 1.29 is 4.79 Å². The van der Waals surface area contributed by atoms with Gasteiger partial charge in [0.05, 0.1) is 5.52 Å². The number of nitrogens with zero attached hydrogens (tertiary/aromatic N) is 6. The molecule has 0 bridgehead atoms. The second-order valence-electron chi connectivity index (χ2n) is 8.44. The Bertz CT molecular complexity index is 995. The number of carbonyl (C=O) groups excluding carboxylic acids is 1. The Kier molecular flexibility index (Phi) is 4.25. The smallest absolute Gasteiger partial charge is 0.223 e. The maximum atomic E-state index is 12.5. The third-order valence-corrected chi connectivity index (χ3v) is 4.99. The average Bonchev–Trinajstić information content (AvgIpc) is 3.02. The molecule has 27 heavy (non-hydrogen) atoms.